The number of hydrogen-bond donors (Lipinski definition) is 0. The van der Waals surface area contributed by atoms with Crippen molar-refractivity contribution in [2.24, 2.45) is 0 Å². The SMILES string of the molecule is CCC.Cc1nccn1-c1ccccc1. The Labute approximate surface area is 91.6 Å². The van der Waals surface area contributed by atoms with E-state index in [1.165, 1.54) is 6.42 Å². The molecule has 1 heterocycles. The molecule has 0 fully saturated rings. The Bertz CT molecular complexity index is 376. The van der Waals surface area contributed by atoms with Gasteiger partial charge >= 0.3 is 0 Å². The molecular formula is C13H18N2. The highest BCUT2D eigenvalue weighted by atomic mass is 15.1. The lowest BCUT2D eigenvalue weighted by Crippen LogP contribution is -1.93. The summed E-state index contributed by atoms with van der Waals surface area (Å²) in [6.45, 7) is 6.24. The van der Waals surface area contributed by atoms with Crippen molar-refractivity contribution < 1.29 is 0 Å². The van der Waals surface area contributed by atoms with Gasteiger partial charge in [0.25, 0.3) is 0 Å². The minimum atomic E-state index is 1.02. The van der Waals surface area contributed by atoms with Crippen LogP contribution >= 0.6 is 0 Å². The average Bonchev–Trinajstić information content (AvgIpc) is 2.67. The molecule has 0 bridgehead atoms. The fraction of sp³-hybridized carbons (Fsp3) is 0.308. The van der Waals surface area contributed by atoms with Gasteiger partial charge in [0.1, 0.15) is 5.82 Å². The normalized spacial score (nSPS) is 9.27. The Balaban J connectivity index is 0.000000337. The number of nitrogens with zero attached hydrogens (tertiary/aromatic N) is 2. The molecule has 2 heteroatoms. The molecule has 2 nitrogen and oxygen atoms in total. The Kier molecular flexibility index (Phi) is 4.61. The molecule has 1 aromatic heterocycles. The third kappa shape index (κ3) is 3.24. The first-order valence-corrected chi connectivity index (χ1v) is 5.35. The molecule has 0 saturated heterocycles. The molecule has 0 aliphatic rings. The van der Waals surface area contributed by atoms with Gasteiger partial charge < -0.3 is 4.57 Å². The van der Waals surface area contributed by atoms with Gasteiger partial charge in [0, 0.05) is 18.1 Å². The maximum Gasteiger partial charge on any atom is 0.110 e. The summed E-state index contributed by atoms with van der Waals surface area (Å²) in [5, 5.41) is 0. The number of imidazole rings is 1. The van der Waals surface area contributed by atoms with Crippen molar-refractivity contribution in [3.05, 3.63) is 48.5 Å². The van der Waals surface area contributed by atoms with Crippen LogP contribution in [0, 0.1) is 6.92 Å². The highest BCUT2D eigenvalue weighted by molar-refractivity contribution is 5.32. The molecule has 0 spiro atoms. The number of hydrogen-bond acceptors (Lipinski definition) is 1. The highest BCUT2D eigenvalue weighted by Gasteiger charge is 1.96. The molecule has 0 radical (unpaired) electrons. The van der Waals surface area contributed by atoms with E-state index in [1.54, 1.807) is 0 Å². The quantitative estimate of drug-likeness (QED) is 0.691. The second-order valence-corrected chi connectivity index (χ2v) is 3.39. The Morgan fingerprint density at radius 2 is 1.73 bits per heavy atom. The summed E-state index contributed by atoms with van der Waals surface area (Å²) in [7, 11) is 0. The average molecular weight is 202 g/mol. The molecule has 2 aromatic rings. The fourth-order valence-electron chi connectivity index (χ4n) is 1.24. The van der Waals surface area contributed by atoms with E-state index in [0.29, 0.717) is 0 Å². The summed E-state index contributed by atoms with van der Waals surface area (Å²) < 4.78 is 2.06. The largest absolute Gasteiger partial charge is 0.304 e. The highest BCUT2D eigenvalue weighted by Crippen LogP contribution is 2.08. The van der Waals surface area contributed by atoms with Crippen LogP contribution in [0.2, 0.25) is 0 Å². The molecule has 0 aliphatic heterocycles. The molecule has 0 aliphatic carbocycles. The van der Waals surface area contributed by atoms with Crippen LogP contribution in [0.25, 0.3) is 5.69 Å². The Hall–Kier alpha value is -1.57. The van der Waals surface area contributed by atoms with Crippen molar-refractivity contribution in [1.82, 2.24) is 9.55 Å². The maximum absolute atomic E-state index is 4.16. The molecule has 15 heavy (non-hydrogen) atoms. The third-order valence-corrected chi connectivity index (χ3v) is 1.86. The zero-order valence-electron chi connectivity index (χ0n) is 9.64. The van der Waals surface area contributed by atoms with Gasteiger partial charge in [0.15, 0.2) is 0 Å². The van der Waals surface area contributed by atoms with Gasteiger partial charge in [-0.3, -0.25) is 0 Å². The summed E-state index contributed by atoms with van der Waals surface area (Å²) in [4.78, 5) is 4.16. The van der Waals surface area contributed by atoms with Crippen LogP contribution < -0.4 is 0 Å². The zero-order chi connectivity index (χ0) is 11.1. The van der Waals surface area contributed by atoms with Crippen molar-refractivity contribution >= 4 is 0 Å². The number of para-hydroxylation sites is 1. The standard InChI is InChI=1S/C10H10N2.C3H8/c1-9-11-7-8-12(9)10-5-3-2-4-6-10;1-3-2/h2-8H,1H3;3H2,1-2H3. The summed E-state index contributed by atoms with van der Waals surface area (Å²) in [5.41, 5.74) is 1.16. The van der Waals surface area contributed by atoms with Gasteiger partial charge in [-0.15, -0.1) is 0 Å². The van der Waals surface area contributed by atoms with Crippen LogP contribution in [0.4, 0.5) is 0 Å². The zero-order valence-corrected chi connectivity index (χ0v) is 9.64. The molecule has 0 N–H and O–H groups in total. The molecule has 0 unspecified atom stereocenters. The molecule has 80 valence electrons. The van der Waals surface area contributed by atoms with E-state index in [9.17, 15) is 0 Å². The molecule has 0 atom stereocenters. The summed E-state index contributed by atoms with van der Waals surface area (Å²) in [5.74, 6) is 1.02. The van der Waals surface area contributed by atoms with Gasteiger partial charge in [0.2, 0.25) is 0 Å². The summed E-state index contributed by atoms with van der Waals surface area (Å²) >= 11 is 0. The monoisotopic (exact) mass is 202 g/mol. The van der Waals surface area contributed by atoms with Crippen LogP contribution in [-0.2, 0) is 0 Å². The van der Waals surface area contributed by atoms with Gasteiger partial charge in [0.05, 0.1) is 0 Å². The van der Waals surface area contributed by atoms with Crippen LogP contribution in [0.5, 0.6) is 0 Å². The Morgan fingerprint density at radius 3 is 2.20 bits per heavy atom. The molecular weight excluding hydrogens is 184 g/mol. The van der Waals surface area contributed by atoms with Crippen LogP contribution in [0.3, 0.4) is 0 Å². The van der Waals surface area contributed by atoms with Gasteiger partial charge in [-0.2, -0.15) is 0 Å². The minimum Gasteiger partial charge on any atom is -0.304 e. The first-order valence-electron chi connectivity index (χ1n) is 5.35. The fourth-order valence-corrected chi connectivity index (χ4v) is 1.24. The first-order chi connectivity index (χ1) is 7.29. The van der Waals surface area contributed by atoms with Crippen LogP contribution in [0.15, 0.2) is 42.7 Å². The molecule has 0 amide bonds. The van der Waals surface area contributed by atoms with Crippen molar-refractivity contribution in [2.45, 2.75) is 27.2 Å². The molecule has 1 aromatic carbocycles. The first kappa shape index (κ1) is 11.5. The third-order valence-electron chi connectivity index (χ3n) is 1.86. The van der Waals surface area contributed by atoms with Crippen LogP contribution in [-0.4, -0.2) is 9.55 Å². The van der Waals surface area contributed by atoms with Crippen LogP contribution in [0.1, 0.15) is 26.1 Å². The number of benzene rings is 1. The summed E-state index contributed by atoms with van der Waals surface area (Å²) in [6.07, 6.45) is 5.02. The van der Waals surface area contributed by atoms with E-state index in [-0.39, 0.29) is 0 Å². The smallest absolute Gasteiger partial charge is 0.110 e. The van der Waals surface area contributed by atoms with E-state index in [0.717, 1.165) is 11.5 Å². The maximum atomic E-state index is 4.16. The van der Waals surface area contributed by atoms with Gasteiger partial charge in [-0.1, -0.05) is 38.5 Å². The van der Waals surface area contributed by atoms with Crippen molar-refractivity contribution in [2.75, 3.05) is 0 Å². The van der Waals surface area contributed by atoms with Crippen molar-refractivity contribution in [3.8, 4) is 5.69 Å². The van der Waals surface area contributed by atoms with Crippen molar-refractivity contribution in [3.63, 3.8) is 0 Å². The van der Waals surface area contributed by atoms with E-state index in [1.807, 2.05) is 37.5 Å². The predicted molar refractivity (Wildman–Crippen MR) is 64.3 cm³/mol. The van der Waals surface area contributed by atoms with E-state index < -0.39 is 0 Å². The number of aromatic nitrogens is 2. The van der Waals surface area contributed by atoms with E-state index in [2.05, 4.69) is 35.5 Å². The van der Waals surface area contributed by atoms with Gasteiger partial charge in [-0.05, 0) is 19.1 Å². The summed E-state index contributed by atoms with van der Waals surface area (Å²) in [6, 6.07) is 10.2. The van der Waals surface area contributed by atoms with E-state index >= 15 is 0 Å². The molecule has 2 rings (SSSR count). The lowest BCUT2D eigenvalue weighted by Gasteiger charge is -2.02. The predicted octanol–water partition coefficient (Wildman–Crippen LogP) is 3.60. The lowest BCUT2D eigenvalue weighted by atomic mass is 10.3. The van der Waals surface area contributed by atoms with E-state index in [4.69, 9.17) is 0 Å². The lowest BCUT2D eigenvalue weighted by molar-refractivity contribution is 0.975. The van der Waals surface area contributed by atoms with Crippen molar-refractivity contribution in [1.29, 1.82) is 0 Å². The second kappa shape index (κ2) is 6.02. The number of aryl methyl sites for hydroxylation is 1. The number of rotatable bonds is 1. The Morgan fingerprint density at radius 1 is 1.13 bits per heavy atom. The topological polar surface area (TPSA) is 17.8 Å². The second-order valence-electron chi connectivity index (χ2n) is 3.39. The van der Waals surface area contributed by atoms with Gasteiger partial charge in [-0.25, -0.2) is 4.98 Å². The minimum absolute atomic E-state index is 1.02. The molecule has 0 saturated carbocycles.